The Hall–Kier alpha value is -2.48. The average molecular weight is 501 g/mol. The zero-order chi connectivity index (χ0) is 25.5. The number of ether oxygens (including phenoxy) is 7. The predicted molar refractivity (Wildman–Crippen MR) is 123 cm³/mol. The number of hydrogen-bond acceptors (Lipinski definition) is 9. The van der Waals surface area contributed by atoms with Crippen LogP contribution >= 0.6 is 0 Å². The molecule has 1 saturated heterocycles. The van der Waals surface area contributed by atoms with E-state index in [1.165, 1.54) is 4.90 Å². The number of hydrogen-bond donors (Lipinski definition) is 2. The number of carboxylic acids is 1. The van der Waals surface area contributed by atoms with Crippen LogP contribution in [0.4, 0.5) is 4.79 Å². The maximum atomic E-state index is 12.9. The second-order valence-electron chi connectivity index (χ2n) is 7.75. The highest BCUT2D eigenvalue weighted by Gasteiger charge is 2.38. The molecule has 0 aromatic heterocycles. The van der Waals surface area contributed by atoms with E-state index in [4.69, 9.17) is 33.2 Å². The summed E-state index contributed by atoms with van der Waals surface area (Å²) in [6, 6.07) is 5.37. The molecule has 1 fully saturated rings. The lowest BCUT2D eigenvalue weighted by molar-refractivity contribution is -0.156. The van der Waals surface area contributed by atoms with Crippen molar-refractivity contribution >= 4 is 12.0 Å². The van der Waals surface area contributed by atoms with Crippen LogP contribution in [0.25, 0.3) is 0 Å². The lowest BCUT2D eigenvalue weighted by Crippen LogP contribution is -2.48. The molecule has 0 radical (unpaired) electrons. The normalized spacial score (nSPS) is 18.4. The molecule has 1 heterocycles. The van der Waals surface area contributed by atoms with Crippen LogP contribution in [0.3, 0.4) is 0 Å². The SMILES string of the molecule is COCCOCO[C@H]1CN(C(=O)N[C@@H](Cc2ccc(OC)cc2)C(=O)O)C[C@H]1OCOCCOC. The molecule has 1 aliphatic rings. The number of rotatable bonds is 17. The van der Waals surface area contributed by atoms with E-state index in [2.05, 4.69) is 5.32 Å². The summed E-state index contributed by atoms with van der Waals surface area (Å²) in [4.78, 5) is 26.2. The van der Waals surface area contributed by atoms with Crippen LogP contribution in [0, 0.1) is 0 Å². The third-order valence-corrected chi connectivity index (χ3v) is 5.29. The van der Waals surface area contributed by atoms with E-state index in [1.54, 1.807) is 45.6 Å². The Balaban J connectivity index is 1.93. The van der Waals surface area contributed by atoms with E-state index in [0.717, 1.165) is 5.56 Å². The van der Waals surface area contributed by atoms with Gasteiger partial charge in [0.2, 0.25) is 0 Å². The molecule has 0 aliphatic carbocycles. The van der Waals surface area contributed by atoms with Gasteiger partial charge < -0.3 is 48.5 Å². The van der Waals surface area contributed by atoms with Gasteiger partial charge >= 0.3 is 12.0 Å². The number of methoxy groups -OCH3 is 3. The van der Waals surface area contributed by atoms with Crippen molar-refractivity contribution < 1.29 is 47.9 Å². The van der Waals surface area contributed by atoms with Crippen LogP contribution in [0.15, 0.2) is 24.3 Å². The number of amides is 2. The Kier molecular flexibility index (Phi) is 13.3. The second kappa shape index (κ2) is 16.2. The third-order valence-electron chi connectivity index (χ3n) is 5.29. The van der Waals surface area contributed by atoms with Gasteiger partial charge in [0.05, 0.1) is 46.6 Å². The van der Waals surface area contributed by atoms with E-state index >= 15 is 0 Å². The lowest BCUT2D eigenvalue weighted by atomic mass is 10.1. The molecule has 0 unspecified atom stereocenters. The molecule has 198 valence electrons. The number of likely N-dealkylation sites (tertiary alicyclic amines) is 1. The van der Waals surface area contributed by atoms with Gasteiger partial charge in [0, 0.05) is 20.6 Å². The van der Waals surface area contributed by atoms with Gasteiger partial charge in [0.1, 0.15) is 37.6 Å². The van der Waals surface area contributed by atoms with Gasteiger partial charge in [-0.3, -0.25) is 0 Å². The van der Waals surface area contributed by atoms with Gasteiger partial charge in [0.25, 0.3) is 0 Å². The molecule has 35 heavy (non-hydrogen) atoms. The van der Waals surface area contributed by atoms with E-state index in [-0.39, 0.29) is 33.1 Å². The molecule has 0 spiro atoms. The fraction of sp³-hybridized carbons (Fsp3) is 0.652. The van der Waals surface area contributed by atoms with E-state index < -0.39 is 30.3 Å². The Bertz CT molecular complexity index is 726. The fourth-order valence-electron chi connectivity index (χ4n) is 3.34. The van der Waals surface area contributed by atoms with Gasteiger partial charge in [-0.1, -0.05) is 12.1 Å². The van der Waals surface area contributed by atoms with Gasteiger partial charge in [-0.05, 0) is 17.7 Å². The summed E-state index contributed by atoms with van der Waals surface area (Å²) < 4.78 is 37.2. The minimum Gasteiger partial charge on any atom is -0.497 e. The summed E-state index contributed by atoms with van der Waals surface area (Å²) in [6.07, 6.45) is -0.822. The van der Waals surface area contributed by atoms with E-state index in [9.17, 15) is 14.7 Å². The highest BCUT2D eigenvalue weighted by Crippen LogP contribution is 2.18. The highest BCUT2D eigenvalue weighted by molar-refractivity contribution is 5.83. The van der Waals surface area contributed by atoms with E-state index in [1.807, 2.05) is 0 Å². The maximum Gasteiger partial charge on any atom is 0.326 e. The number of carbonyl (C=O) groups excluding carboxylic acids is 1. The summed E-state index contributed by atoms with van der Waals surface area (Å²) in [5.74, 6) is -0.469. The van der Waals surface area contributed by atoms with Gasteiger partial charge in [-0.25, -0.2) is 9.59 Å². The largest absolute Gasteiger partial charge is 0.497 e. The standard InChI is InChI=1S/C23H36N2O10/c1-29-8-10-32-15-34-20-13-25(14-21(20)35-16-33-11-9-30-2)23(28)24-19(22(26)27)12-17-4-6-18(31-3)7-5-17/h4-7,19-21H,8-16H2,1-3H3,(H,24,28)(H,26,27)/t19-,20-,21+/m0/s1. The number of benzene rings is 1. The number of urea groups is 1. The highest BCUT2D eigenvalue weighted by atomic mass is 16.7. The van der Waals surface area contributed by atoms with Crippen molar-refractivity contribution in [3.63, 3.8) is 0 Å². The number of carboxylic acid groups (broad SMARTS) is 1. The first kappa shape index (κ1) is 28.8. The van der Waals surface area contributed by atoms with Gasteiger partial charge in [0.15, 0.2) is 0 Å². The summed E-state index contributed by atoms with van der Waals surface area (Å²) in [7, 11) is 4.70. The van der Waals surface area contributed by atoms with Crippen molar-refractivity contribution in [2.24, 2.45) is 0 Å². The quantitative estimate of drug-likeness (QED) is 0.233. The summed E-state index contributed by atoms with van der Waals surface area (Å²) in [6.45, 7) is 2.01. The smallest absolute Gasteiger partial charge is 0.326 e. The topological polar surface area (TPSA) is 134 Å². The first-order chi connectivity index (χ1) is 17.0. The van der Waals surface area contributed by atoms with Crippen LogP contribution in [0.2, 0.25) is 0 Å². The summed E-state index contributed by atoms with van der Waals surface area (Å²) in [5.41, 5.74) is 0.753. The second-order valence-corrected chi connectivity index (χ2v) is 7.75. The van der Waals surface area contributed by atoms with Gasteiger partial charge in [-0.15, -0.1) is 0 Å². The molecule has 0 saturated carbocycles. The molecule has 0 bridgehead atoms. The third kappa shape index (κ3) is 10.3. The minimum atomic E-state index is -1.13. The van der Waals surface area contributed by atoms with Crippen molar-refractivity contribution in [3.8, 4) is 5.75 Å². The molecular weight excluding hydrogens is 464 g/mol. The monoisotopic (exact) mass is 500 g/mol. The molecule has 12 heteroatoms. The van der Waals surface area contributed by atoms with Crippen LogP contribution in [0.5, 0.6) is 5.75 Å². The van der Waals surface area contributed by atoms with Crippen molar-refractivity contribution in [1.82, 2.24) is 10.2 Å². The number of nitrogens with zero attached hydrogens (tertiary/aromatic N) is 1. The number of nitrogens with one attached hydrogen (secondary N) is 1. The Morgan fingerprint density at radius 3 is 1.94 bits per heavy atom. The first-order valence-electron chi connectivity index (χ1n) is 11.3. The summed E-state index contributed by atoms with van der Waals surface area (Å²) in [5, 5.41) is 12.2. The molecular formula is C23H36N2O10. The molecule has 1 aliphatic heterocycles. The van der Waals surface area contributed by atoms with Crippen LogP contribution < -0.4 is 10.1 Å². The van der Waals surface area contributed by atoms with E-state index in [0.29, 0.717) is 32.2 Å². The Morgan fingerprint density at radius 2 is 1.49 bits per heavy atom. The van der Waals surface area contributed by atoms with Crippen molar-refractivity contribution in [1.29, 1.82) is 0 Å². The minimum absolute atomic E-state index is 0.00307. The molecule has 1 aromatic carbocycles. The summed E-state index contributed by atoms with van der Waals surface area (Å²) >= 11 is 0. The molecule has 3 atom stereocenters. The molecule has 2 amide bonds. The maximum absolute atomic E-state index is 12.9. The van der Waals surface area contributed by atoms with Crippen LogP contribution in [0.1, 0.15) is 5.56 Å². The first-order valence-corrected chi connectivity index (χ1v) is 11.3. The Labute approximate surface area is 205 Å². The van der Waals surface area contributed by atoms with Crippen molar-refractivity contribution in [2.75, 3.05) is 74.4 Å². The zero-order valence-corrected chi connectivity index (χ0v) is 20.5. The van der Waals surface area contributed by atoms with Gasteiger partial charge in [-0.2, -0.15) is 0 Å². The molecule has 12 nitrogen and oxygen atoms in total. The zero-order valence-electron chi connectivity index (χ0n) is 20.5. The molecule has 2 rings (SSSR count). The Morgan fingerprint density at radius 1 is 0.943 bits per heavy atom. The number of aliphatic carboxylic acids is 1. The van der Waals surface area contributed by atoms with Crippen LogP contribution in [-0.2, 0) is 39.6 Å². The average Bonchev–Trinajstić information content (AvgIpc) is 3.26. The van der Waals surface area contributed by atoms with Crippen molar-refractivity contribution in [2.45, 2.75) is 24.7 Å². The predicted octanol–water partition coefficient (Wildman–Crippen LogP) is 0.728. The van der Waals surface area contributed by atoms with Crippen molar-refractivity contribution in [3.05, 3.63) is 29.8 Å². The fourth-order valence-corrected chi connectivity index (χ4v) is 3.34. The van der Waals surface area contributed by atoms with Crippen LogP contribution in [-0.4, -0.2) is 115 Å². The number of carbonyl (C=O) groups is 2. The molecule has 1 aromatic rings. The lowest BCUT2D eigenvalue weighted by Gasteiger charge is -2.21. The molecule has 2 N–H and O–H groups in total.